The molecule has 0 spiro atoms. The third-order valence-electron chi connectivity index (χ3n) is 5.04. The lowest BCUT2D eigenvalue weighted by molar-refractivity contribution is -0.114. The molecule has 1 amide bonds. The van der Waals surface area contributed by atoms with Crippen LogP contribution in [0.25, 0.3) is 0 Å². The second-order valence-electron chi connectivity index (χ2n) is 7.48. The van der Waals surface area contributed by atoms with Gasteiger partial charge in [0.15, 0.2) is 17.3 Å². The Hall–Kier alpha value is -3.92. The molecular formula is C24H21FN2O6S. The fourth-order valence-electron chi connectivity index (χ4n) is 3.40. The highest BCUT2D eigenvalue weighted by atomic mass is 32.2. The first kappa shape index (κ1) is 23.2. The average Bonchev–Trinajstić information content (AvgIpc) is 2.82. The minimum absolute atomic E-state index is 0.0254. The quantitative estimate of drug-likeness (QED) is 0.514. The number of nitrogens with zero attached hydrogens (tertiary/aromatic N) is 1. The Bertz CT molecular complexity index is 1360. The third-order valence-corrected chi connectivity index (χ3v) is 6.81. The molecule has 1 aliphatic heterocycles. The van der Waals surface area contributed by atoms with Gasteiger partial charge in [-0.1, -0.05) is 18.2 Å². The first-order chi connectivity index (χ1) is 16.2. The first-order valence-corrected chi connectivity index (χ1v) is 11.8. The van der Waals surface area contributed by atoms with Gasteiger partial charge in [0, 0.05) is 17.3 Å². The zero-order valence-corrected chi connectivity index (χ0v) is 19.0. The van der Waals surface area contributed by atoms with Gasteiger partial charge in [-0.15, -0.1) is 0 Å². The van der Waals surface area contributed by atoms with Crippen LogP contribution in [-0.4, -0.2) is 39.9 Å². The van der Waals surface area contributed by atoms with Crippen molar-refractivity contribution in [3.8, 4) is 11.5 Å². The Morgan fingerprint density at radius 2 is 1.71 bits per heavy atom. The van der Waals surface area contributed by atoms with Gasteiger partial charge in [0.25, 0.3) is 10.0 Å². The van der Waals surface area contributed by atoms with E-state index in [1.165, 1.54) is 49.4 Å². The molecule has 0 radical (unpaired) electrons. The number of carbonyl (C=O) groups is 2. The molecule has 3 aromatic carbocycles. The van der Waals surface area contributed by atoms with E-state index in [0.717, 1.165) is 10.4 Å². The van der Waals surface area contributed by atoms with Crippen molar-refractivity contribution in [2.75, 3.05) is 29.4 Å². The van der Waals surface area contributed by atoms with Crippen molar-refractivity contribution in [2.24, 2.45) is 0 Å². The predicted octanol–water partition coefficient (Wildman–Crippen LogP) is 3.63. The smallest absolute Gasteiger partial charge is 0.264 e. The Balaban J connectivity index is 1.66. The summed E-state index contributed by atoms with van der Waals surface area (Å²) in [4.78, 5) is 24.3. The zero-order chi connectivity index (χ0) is 24.3. The van der Waals surface area contributed by atoms with Gasteiger partial charge in [0.1, 0.15) is 25.6 Å². The summed E-state index contributed by atoms with van der Waals surface area (Å²) in [7, 11) is -4.30. The van der Waals surface area contributed by atoms with Crippen LogP contribution in [0.15, 0.2) is 71.6 Å². The van der Waals surface area contributed by atoms with E-state index in [4.69, 9.17) is 9.47 Å². The molecule has 0 aliphatic carbocycles. The monoisotopic (exact) mass is 484 g/mol. The zero-order valence-electron chi connectivity index (χ0n) is 18.2. The van der Waals surface area contributed by atoms with E-state index >= 15 is 0 Å². The fourth-order valence-corrected chi connectivity index (χ4v) is 4.83. The number of ether oxygens (including phenoxy) is 2. The van der Waals surface area contributed by atoms with Gasteiger partial charge < -0.3 is 14.8 Å². The van der Waals surface area contributed by atoms with E-state index in [2.05, 4.69) is 5.32 Å². The first-order valence-electron chi connectivity index (χ1n) is 10.3. The number of ketones is 1. The van der Waals surface area contributed by atoms with E-state index in [1.807, 2.05) is 0 Å². The van der Waals surface area contributed by atoms with E-state index < -0.39 is 28.3 Å². The minimum Gasteiger partial charge on any atom is -0.486 e. The second-order valence-corrected chi connectivity index (χ2v) is 9.34. The highest BCUT2D eigenvalue weighted by molar-refractivity contribution is 7.92. The molecule has 0 fully saturated rings. The number of rotatable bonds is 7. The van der Waals surface area contributed by atoms with Crippen LogP contribution in [0.2, 0.25) is 0 Å². The van der Waals surface area contributed by atoms with Crippen molar-refractivity contribution < 1.29 is 31.9 Å². The summed E-state index contributed by atoms with van der Waals surface area (Å²) in [5, 5.41) is 2.59. The number of benzene rings is 3. The summed E-state index contributed by atoms with van der Waals surface area (Å²) in [6, 6.07) is 15.3. The van der Waals surface area contributed by atoms with E-state index in [-0.39, 0.29) is 28.7 Å². The van der Waals surface area contributed by atoms with Gasteiger partial charge >= 0.3 is 0 Å². The summed E-state index contributed by atoms with van der Waals surface area (Å²) < 4.78 is 52.8. The number of halogens is 1. The highest BCUT2D eigenvalue weighted by Crippen LogP contribution is 2.34. The third kappa shape index (κ3) is 5.01. The lowest BCUT2D eigenvalue weighted by atomic mass is 10.1. The number of carbonyl (C=O) groups excluding carboxylic acids is 2. The van der Waals surface area contributed by atoms with Crippen LogP contribution in [0.3, 0.4) is 0 Å². The molecule has 0 saturated carbocycles. The summed E-state index contributed by atoms with van der Waals surface area (Å²) in [6.45, 7) is 1.38. The fraction of sp³-hybridized carbons (Fsp3) is 0.167. The van der Waals surface area contributed by atoms with Crippen molar-refractivity contribution in [1.82, 2.24) is 0 Å². The van der Waals surface area contributed by atoms with Gasteiger partial charge in [-0.2, -0.15) is 0 Å². The van der Waals surface area contributed by atoms with Gasteiger partial charge in [-0.3, -0.25) is 13.9 Å². The molecule has 8 nitrogen and oxygen atoms in total. The lowest BCUT2D eigenvalue weighted by Gasteiger charge is -2.25. The molecule has 0 aromatic heterocycles. The number of anilines is 2. The molecular weight excluding hydrogens is 463 g/mol. The summed E-state index contributed by atoms with van der Waals surface area (Å²) in [5.74, 6) is -0.846. The van der Waals surface area contributed by atoms with Crippen molar-refractivity contribution in [2.45, 2.75) is 11.8 Å². The van der Waals surface area contributed by atoms with E-state index in [0.29, 0.717) is 23.6 Å². The van der Waals surface area contributed by atoms with Crippen molar-refractivity contribution in [3.05, 3.63) is 78.1 Å². The number of Topliss-reactive ketones (excluding diaryl/α,β-unsaturated/α-hetero) is 1. The Labute approximate surface area is 196 Å². The molecule has 0 bridgehead atoms. The summed E-state index contributed by atoms with van der Waals surface area (Å²) in [6.07, 6.45) is 0. The van der Waals surface area contributed by atoms with Crippen molar-refractivity contribution in [3.63, 3.8) is 0 Å². The maximum absolute atomic E-state index is 14.0. The number of fused-ring (bicyclic) bond motifs is 1. The number of nitrogens with one attached hydrogen (secondary N) is 1. The number of amides is 1. The molecule has 0 atom stereocenters. The van der Waals surface area contributed by atoms with Crippen LogP contribution < -0.4 is 19.1 Å². The molecule has 0 unspecified atom stereocenters. The molecule has 1 heterocycles. The molecule has 1 aliphatic rings. The maximum atomic E-state index is 14.0. The largest absolute Gasteiger partial charge is 0.486 e. The topological polar surface area (TPSA) is 102 Å². The highest BCUT2D eigenvalue weighted by Gasteiger charge is 2.29. The summed E-state index contributed by atoms with van der Waals surface area (Å²) >= 11 is 0. The Morgan fingerprint density at radius 3 is 2.44 bits per heavy atom. The van der Waals surface area contributed by atoms with Gasteiger partial charge in [0.2, 0.25) is 5.91 Å². The molecule has 10 heteroatoms. The molecule has 176 valence electrons. The molecule has 3 aromatic rings. The molecule has 34 heavy (non-hydrogen) atoms. The number of hydrogen-bond donors (Lipinski definition) is 1. The molecule has 4 rings (SSSR count). The van der Waals surface area contributed by atoms with Crippen molar-refractivity contribution in [1.29, 1.82) is 0 Å². The second kappa shape index (κ2) is 9.52. The molecule has 0 saturated heterocycles. The normalized spacial score (nSPS) is 12.6. The minimum atomic E-state index is -4.30. The Kier molecular flexibility index (Phi) is 6.51. The van der Waals surface area contributed by atoms with Gasteiger partial charge in [-0.25, -0.2) is 12.8 Å². The van der Waals surface area contributed by atoms with Crippen LogP contribution in [0.5, 0.6) is 11.5 Å². The van der Waals surface area contributed by atoms with Crippen molar-refractivity contribution >= 4 is 33.1 Å². The average molecular weight is 485 g/mol. The van der Waals surface area contributed by atoms with Crippen LogP contribution in [0, 0.1) is 5.82 Å². The van der Waals surface area contributed by atoms with Crippen LogP contribution in [0.1, 0.15) is 17.3 Å². The van der Waals surface area contributed by atoms with E-state index in [9.17, 15) is 22.4 Å². The number of hydrogen-bond acceptors (Lipinski definition) is 6. The van der Waals surface area contributed by atoms with E-state index in [1.54, 1.807) is 18.2 Å². The SMILES string of the molecule is CC(=O)c1cccc(NC(=O)CN(c2cccc(F)c2)S(=O)(=O)c2ccc3c(c2)OCCO3)c1. The van der Waals surface area contributed by atoms with Gasteiger partial charge in [-0.05, 0) is 49.4 Å². The van der Waals surface area contributed by atoms with Crippen LogP contribution >= 0.6 is 0 Å². The standard InChI is InChI=1S/C24H21FN2O6S/c1-16(28)17-4-2-6-19(12-17)26-24(29)15-27(20-7-3-5-18(25)13-20)34(30,31)21-8-9-22-23(14-21)33-11-10-32-22/h2-9,12-14H,10-11,15H2,1H3,(H,26,29). The van der Waals surface area contributed by atoms with Gasteiger partial charge in [0.05, 0.1) is 10.6 Å². The van der Waals surface area contributed by atoms with Crippen LogP contribution in [0.4, 0.5) is 15.8 Å². The summed E-state index contributed by atoms with van der Waals surface area (Å²) in [5.41, 5.74) is 0.694. The molecule has 1 N–H and O–H groups in total. The van der Waals surface area contributed by atoms with Crippen LogP contribution in [-0.2, 0) is 14.8 Å². The maximum Gasteiger partial charge on any atom is 0.264 e. The predicted molar refractivity (Wildman–Crippen MR) is 123 cm³/mol. The Morgan fingerprint density at radius 1 is 0.971 bits per heavy atom. The number of sulfonamides is 1. The lowest BCUT2D eigenvalue weighted by Crippen LogP contribution is -2.38.